The fraction of sp³-hybridized carbons (Fsp3) is 0.153. The standard InChI is InChI=1S/C85H71NO/c1-5-59(62-29-31-63(32-30-62)65-35-33-64-34-36-66(64)54-65)53-58(4)61-39-47-74(48-40-61)87-75-49-43-70(44-50-75)85(69-41-37-60(38-42-69)57(2)3)81-28-18-16-26-77(81)79-52-46-73(56-83(79)85)86(71-23-13-8-14-24-71)72-45-51-78-76-25-15-17-27-80(76)84(82(78)55-72,67-19-9-6-10-20-67)68-21-11-7-12-22-68/h6-33,35,37-52,54-59H,5,34,36,53H2,1-4H3. The van der Waals surface area contributed by atoms with Gasteiger partial charge in [-0.25, -0.2) is 0 Å². The molecule has 3 atom stereocenters. The van der Waals surface area contributed by atoms with Crippen LogP contribution in [0.5, 0.6) is 11.5 Å². The number of hydrogen-bond acceptors (Lipinski definition) is 2. The summed E-state index contributed by atoms with van der Waals surface area (Å²) in [5.74, 6) is 2.91. The minimum Gasteiger partial charge on any atom is -0.457 e. The lowest BCUT2D eigenvalue weighted by molar-refractivity contribution is 0.481. The lowest BCUT2D eigenvalue weighted by Crippen LogP contribution is -2.29. The first-order valence-electron chi connectivity index (χ1n) is 31.5. The molecule has 0 radical (unpaired) electrons. The van der Waals surface area contributed by atoms with Gasteiger partial charge >= 0.3 is 0 Å². The van der Waals surface area contributed by atoms with Crippen molar-refractivity contribution >= 4 is 17.1 Å². The first-order valence-corrected chi connectivity index (χ1v) is 31.5. The molecule has 12 aromatic carbocycles. The molecular weight excluding hydrogens is 1050 g/mol. The summed E-state index contributed by atoms with van der Waals surface area (Å²) in [6.07, 6.45) is 4.62. The lowest BCUT2D eigenvalue weighted by atomic mass is 9.67. The van der Waals surface area contributed by atoms with Crippen molar-refractivity contribution in [3.63, 3.8) is 0 Å². The predicted molar refractivity (Wildman–Crippen MR) is 362 cm³/mol. The maximum absolute atomic E-state index is 6.75. The van der Waals surface area contributed by atoms with Gasteiger partial charge in [0.05, 0.1) is 10.8 Å². The molecular formula is C85H71NO. The minimum atomic E-state index is -0.660. The Bertz CT molecular complexity index is 4410. The van der Waals surface area contributed by atoms with Crippen LogP contribution in [0.15, 0.2) is 291 Å². The molecule has 0 aliphatic heterocycles. The van der Waals surface area contributed by atoms with E-state index in [9.17, 15) is 0 Å². The quantitative estimate of drug-likeness (QED) is 0.0956. The van der Waals surface area contributed by atoms with Crippen molar-refractivity contribution in [1.82, 2.24) is 0 Å². The maximum Gasteiger partial charge on any atom is 0.127 e. The molecule has 0 fully saturated rings. The molecule has 2 nitrogen and oxygen atoms in total. The van der Waals surface area contributed by atoms with Crippen LogP contribution < -0.4 is 9.64 Å². The normalized spacial score (nSPS) is 15.5. The summed E-state index contributed by atoms with van der Waals surface area (Å²) in [4.78, 5) is 2.47. The third kappa shape index (κ3) is 9.15. The number of anilines is 3. The number of aryl methyl sites for hydroxylation is 2. The van der Waals surface area contributed by atoms with Crippen molar-refractivity contribution in [3.8, 4) is 44.9 Å². The second-order valence-corrected chi connectivity index (χ2v) is 24.8. The highest BCUT2D eigenvalue weighted by Gasteiger charge is 2.48. The third-order valence-corrected chi connectivity index (χ3v) is 19.7. The van der Waals surface area contributed by atoms with Crippen molar-refractivity contribution in [2.75, 3.05) is 4.90 Å². The smallest absolute Gasteiger partial charge is 0.127 e. The Labute approximate surface area is 514 Å². The molecule has 0 spiro atoms. The molecule has 12 aromatic rings. The molecule has 0 aromatic heterocycles. The van der Waals surface area contributed by atoms with Crippen LogP contribution in [0.4, 0.5) is 17.1 Å². The summed E-state index contributed by atoms with van der Waals surface area (Å²) in [5.41, 5.74) is 26.8. The summed E-state index contributed by atoms with van der Waals surface area (Å²) < 4.78 is 6.75. The van der Waals surface area contributed by atoms with Gasteiger partial charge in [-0.05, 0) is 210 Å². The van der Waals surface area contributed by atoms with Crippen LogP contribution in [0.3, 0.4) is 0 Å². The number of hydrogen-bond donors (Lipinski definition) is 0. The highest BCUT2D eigenvalue weighted by molar-refractivity contribution is 5.92. The van der Waals surface area contributed by atoms with Crippen molar-refractivity contribution in [1.29, 1.82) is 0 Å². The van der Waals surface area contributed by atoms with Crippen LogP contribution in [0.1, 0.15) is 131 Å². The van der Waals surface area contributed by atoms with Crippen LogP contribution in [0.25, 0.3) is 33.4 Å². The number of rotatable bonds is 16. The van der Waals surface area contributed by atoms with E-state index in [0.717, 1.165) is 41.4 Å². The highest BCUT2D eigenvalue weighted by Crippen LogP contribution is 2.60. The van der Waals surface area contributed by atoms with Crippen molar-refractivity contribution in [2.24, 2.45) is 0 Å². The van der Waals surface area contributed by atoms with Crippen molar-refractivity contribution in [3.05, 3.63) is 364 Å². The Balaban J connectivity index is 0.788. The summed E-state index contributed by atoms with van der Waals surface area (Å²) in [5, 5.41) is 0. The maximum atomic E-state index is 6.75. The number of benzene rings is 12. The molecule has 0 heterocycles. The van der Waals surface area contributed by atoms with Crippen LogP contribution in [0, 0.1) is 0 Å². The number of fused-ring (bicyclic) bond motifs is 7. The Morgan fingerprint density at radius 1 is 0.356 bits per heavy atom. The molecule has 87 heavy (non-hydrogen) atoms. The monoisotopic (exact) mass is 1120 g/mol. The van der Waals surface area contributed by atoms with E-state index in [1.165, 1.54) is 119 Å². The topological polar surface area (TPSA) is 12.5 Å². The van der Waals surface area contributed by atoms with E-state index in [0.29, 0.717) is 17.8 Å². The average molecular weight is 1120 g/mol. The summed E-state index contributed by atoms with van der Waals surface area (Å²) in [6, 6.07) is 109. The Morgan fingerprint density at radius 2 is 0.793 bits per heavy atom. The first-order chi connectivity index (χ1) is 42.8. The van der Waals surface area contributed by atoms with Gasteiger partial charge in [0.25, 0.3) is 0 Å². The first kappa shape index (κ1) is 53.9. The van der Waals surface area contributed by atoms with Gasteiger partial charge in [0.15, 0.2) is 0 Å². The number of nitrogens with zero attached hydrogens (tertiary/aromatic N) is 1. The molecule has 3 aliphatic carbocycles. The van der Waals surface area contributed by atoms with Gasteiger partial charge in [0.1, 0.15) is 11.5 Å². The van der Waals surface area contributed by atoms with E-state index in [-0.39, 0.29) is 0 Å². The highest BCUT2D eigenvalue weighted by atomic mass is 16.5. The molecule has 0 amide bonds. The molecule has 3 unspecified atom stereocenters. The van der Waals surface area contributed by atoms with E-state index in [1.807, 2.05) is 0 Å². The Hall–Kier alpha value is -9.76. The Kier molecular flexibility index (Phi) is 13.8. The molecule has 2 heteroatoms. The summed E-state index contributed by atoms with van der Waals surface area (Å²) in [6.45, 7) is 9.25. The van der Waals surface area contributed by atoms with Crippen LogP contribution >= 0.6 is 0 Å². The van der Waals surface area contributed by atoms with Gasteiger partial charge in [-0.15, -0.1) is 0 Å². The zero-order valence-electron chi connectivity index (χ0n) is 50.1. The predicted octanol–water partition coefficient (Wildman–Crippen LogP) is 22.3. The van der Waals surface area contributed by atoms with Crippen LogP contribution in [-0.2, 0) is 23.7 Å². The zero-order chi connectivity index (χ0) is 58.6. The molecule has 422 valence electrons. The zero-order valence-corrected chi connectivity index (χ0v) is 50.1. The van der Waals surface area contributed by atoms with E-state index in [1.54, 1.807) is 0 Å². The number of para-hydroxylation sites is 1. The third-order valence-electron chi connectivity index (χ3n) is 19.7. The molecule has 0 bridgehead atoms. The largest absolute Gasteiger partial charge is 0.457 e. The second-order valence-electron chi connectivity index (χ2n) is 24.8. The van der Waals surface area contributed by atoms with Crippen LogP contribution in [0.2, 0.25) is 0 Å². The van der Waals surface area contributed by atoms with E-state index >= 15 is 0 Å². The lowest BCUT2D eigenvalue weighted by Gasteiger charge is -2.36. The summed E-state index contributed by atoms with van der Waals surface area (Å²) in [7, 11) is 0. The minimum absolute atomic E-state index is 0.393. The van der Waals surface area contributed by atoms with Crippen molar-refractivity contribution in [2.45, 2.75) is 82.0 Å². The average Bonchev–Trinajstić information content (AvgIpc) is 1.58. The Morgan fingerprint density at radius 3 is 1.30 bits per heavy atom. The van der Waals surface area contributed by atoms with Gasteiger partial charge in [-0.2, -0.15) is 0 Å². The molecule has 0 N–H and O–H groups in total. The van der Waals surface area contributed by atoms with E-state index in [4.69, 9.17) is 4.74 Å². The molecule has 3 aliphatic rings. The fourth-order valence-electron chi connectivity index (χ4n) is 15.1. The van der Waals surface area contributed by atoms with Gasteiger partial charge in [-0.1, -0.05) is 258 Å². The molecule has 0 saturated carbocycles. The van der Waals surface area contributed by atoms with Gasteiger partial charge < -0.3 is 9.64 Å². The van der Waals surface area contributed by atoms with Crippen molar-refractivity contribution < 1.29 is 4.74 Å². The van der Waals surface area contributed by atoms with Gasteiger partial charge in [-0.3, -0.25) is 0 Å². The number of ether oxygens (including phenoxy) is 1. The van der Waals surface area contributed by atoms with Gasteiger partial charge in [0, 0.05) is 17.1 Å². The van der Waals surface area contributed by atoms with Crippen LogP contribution in [-0.4, -0.2) is 0 Å². The second kappa shape index (κ2) is 22.3. The fourth-order valence-corrected chi connectivity index (χ4v) is 15.1. The van der Waals surface area contributed by atoms with E-state index < -0.39 is 10.8 Å². The molecule has 0 saturated heterocycles. The summed E-state index contributed by atoms with van der Waals surface area (Å²) >= 11 is 0. The molecule has 15 rings (SSSR count). The SMILES string of the molecule is CCC(CC(C)c1ccc(Oc2ccc(C3(c4ccc(C(C)C)cc4)c4ccccc4-c4ccc(N(c5ccccc5)c5ccc6c(c5)C(c5ccccc5)(c5ccccc5)c5ccccc5-6)cc43)cc2)cc1)c1ccc(-c2ccc3c(c2)CC3)cc1. The van der Waals surface area contributed by atoms with Gasteiger partial charge in [0.2, 0.25) is 0 Å². The van der Waals surface area contributed by atoms with E-state index in [2.05, 4.69) is 324 Å².